The smallest absolute Gasteiger partial charge is 0.120 e. The number of nitrogens with one attached hydrogen (secondary N) is 1. The van der Waals surface area contributed by atoms with E-state index in [0.717, 1.165) is 22.0 Å². The second-order valence-electron chi connectivity index (χ2n) is 4.37. The van der Waals surface area contributed by atoms with Crippen molar-refractivity contribution in [2.75, 3.05) is 0 Å². The molecule has 0 aliphatic carbocycles. The number of rotatable bonds is 4. The first-order valence-electron chi connectivity index (χ1n) is 6.12. The Morgan fingerprint density at radius 2 is 2.00 bits per heavy atom. The Morgan fingerprint density at radius 1 is 1.11 bits per heavy atom. The van der Waals surface area contributed by atoms with Crippen molar-refractivity contribution in [3.63, 3.8) is 0 Å². The van der Waals surface area contributed by atoms with Crippen molar-refractivity contribution in [3.05, 3.63) is 58.5 Å². The number of nitrogens with zero attached hydrogens (tertiary/aromatic N) is 1. The van der Waals surface area contributed by atoms with Gasteiger partial charge in [0.05, 0.1) is 11.2 Å². The predicted octanol–water partition coefficient (Wildman–Crippen LogP) is 3.29. The molecular formula is C15H14N2OS. The molecule has 0 unspecified atom stereocenters. The number of phenols is 1. The quantitative estimate of drug-likeness (QED) is 0.764. The molecule has 0 spiro atoms. The molecule has 0 fully saturated rings. The van der Waals surface area contributed by atoms with Crippen molar-refractivity contribution in [1.29, 1.82) is 0 Å². The molecule has 0 bridgehead atoms. The van der Waals surface area contributed by atoms with Gasteiger partial charge in [0.2, 0.25) is 0 Å². The third-order valence-electron chi connectivity index (χ3n) is 3.11. The largest absolute Gasteiger partial charge is 0.508 e. The first kappa shape index (κ1) is 12.1. The fourth-order valence-electron chi connectivity index (χ4n) is 2.15. The monoisotopic (exact) mass is 270 g/mol. The molecule has 0 saturated carbocycles. The van der Waals surface area contributed by atoms with Gasteiger partial charge in [-0.25, -0.2) is 4.98 Å². The van der Waals surface area contributed by atoms with Gasteiger partial charge in [-0.2, -0.15) is 0 Å². The maximum Gasteiger partial charge on any atom is 0.120 e. The number of benzene rings is 2. The van der Waals surface area contributed by atoms with Crippen LogP contribution in [0.2, 0.25) is 0 Å². The maximum atomic E-state index is 10.0. The fraction of sp³-hybridized carbons (Fsp3) is 0.133. The first-order chi connectivity index (χ1) is 9.34. The molecule has 2 N–H and O–H groups in total. The summed E-state index contributed by atoms with van der Waals surface area (Å²) >= 11 is 1.59. The molecule has 0 radical (unpaired) electrons. The summed E-state index contributed by atoms with van der Waals surface area (Å²) in [5.74, 6) is 0.337. The summed E-state index contributed by atoms with van der Waals surface area (Å²) in [7, 11) is 0. The third kappa shape index (κ3) is 2.59. The van der Waals surface area contributed by atoms with Crippen LogP contribution in [-0.2, 0) is 13.1 Å². The van der Waals surface area contributed by atoms with Gasteiger partial charge in [0.1, 0.15) is 5.75 Å². The molecule has 0 saturated heterocycles. The summed E-state index contributed by atoms with van der Waals surface area (Å²) in [4.78, 5) is 4.23. The molecule has 0 atom stereocenters. The zero-order chi connectivity index (χ0) is 13.1. The highest BCUT2D eigenvalue weighted by Gasteiger charge is 2.06. The molecule has 1 heterocycles. The highest BCUT2D eigenvalue weighted by molar-refractivity contribution is 7.07. The Kier molecular flexibility index (Phi) is 3.44. The number of hydrogen-bond donors (Lipinski definition) is 2. The van der Waals surface area contributed by atoms with Gasteiger partial charge < -0.3 is 10.4 Å². The summed E-state index contributed by atoms with van der Waals surface area (Å²) in [5, 5.41) is 17.6. The van der Waals surface area contributed by atoms with Crippen molar-refractivity contribution in [2.45, 2.75) is 13.1 Å². The lowest BCUT2D eigenvalue weighted by molar-refractivity contribution is 0.465. The second-order valence-corrected chi connectivity index (χ2v) is 5.09. The Labute approximate surface area is 115 Å². The Balaban J connectivity index is 1.81. The Bertz CT molecular complexity index is 680. The van der Waals surface area contributed by atoms with Crippen LogP contribution in [0.4, 0.5) is 0 Å². The van der Waals surface area contributed by atoms with Crippen LogP contribution in [0.5, 0.6) is 5.75 Å². The van der Waals surface area contributed by atoms with E-state index in [1.807, 2.05) is 35.2 Å². The van der Waals surface area contributed by atoms with E-state index < -0.39 is 0 Å². The summed E-state index contributed by atoms with van der Waals surface area (Å²) < 4.78 is 0. The van der Waals surface area contributed by atoms with Gasteiger partial charge in [-0.1, -0.05) is 30.3 Å². The fourth-order valence-corrected chi connectivity index (χ4v) is 2.71. The van der Waals surface area contributed by atoms with Crippen LogP contribution in [0.3, 0.4) is 0 Å². The lowest BCUT2D eigenvalue weighted by Gasteiger charge is -2.09. The molecule has 1 aromatic heterocycles. The zero-order valence-corrected chi connectivity index (χ0v) is 11.2. The lowest BCUT2D eigenvalue weighted by Crippen LogP contribution is -2.13. The van der Waals surface area contributed by atoms with Gasteiger partial charge in [-0.15, -0.1) is 11.3 Å². The average molecular weight is 270 g/mol. The number of aromatic nitrogens is 1. The van der Waals surface area contributed by atoms with E-state index in [-0.39, 0.29) is 0 Å². The molecule has 2 aromatic carbocycles. The molecular weight excluding hydrogens is 256 g/mol. The minimum atomic E-state index is 0.337. The molecule has 3 aromatic rings. The standard InChI is InChI=1S/C15H14N2OS/c18-15-6-5-11-3-1-2-4-13(11)14(15)8-16-7-12-9-19-10-17-12/h1-6,9-10,16,18H,7-8H2. The molecule has 19 heavy (non-hydrogen) atoms. The number of phenolic OH excluding ortho intramolecular Hbond substituents is 1. The summed E-state index contributed by atoms with van der Waals surface area (Å²) in [6.45, 7) is 1.34. The van der Waals surface area contributed by atoms with Gasteiger partial charge in [0.15, 0.2) is 0 Å². The van der Waals surface area contributed by atoms with Crippen molar-refractivity contribution >= 4 is 22.1 Å². The van der Waals surface area contributed by atoms with Crippen LogP contribution in [-0.4, -0.2) is 10.1 Å². The maximum absolute atomic E-state index is 10.0. The van der Waals surface area contributed by atoms with Gasteiger partial charge in [-0.05, 0) is 16.8 Å². The van der Waals surface area contributed by atoms with Gasteiger partial charge in [0.25, 0.3) is 0 Å². The van der Waals surface area contributed by atoms with Crippen molar-refractivity contribution < 1.29 is 5.11 Å². The predicted molar refractivity (Wildman–Crippen MR) is 78.3 cm³/mol. The van der Waals surface area contributed by atoms with E-state index in [9.17, 15) is 5.11 Å². The summed E-state index contributed by atoms with van der Waals surface area (Å²) in [5.41, 5.74) is 3.80. The van der Waals surface area contributed by atoms with Crippen molar-refractivity contribution in [2.24, 2.45) is 0 Å². The third-order valence-corrected chi connectivity index (χ3v) is 3.74. The molecule has 0 aliphatic rings. The number of fused-ring (bicyclic) bond motifs is 1. The highest BCUT2D eigenvalue weighted by atomic mass is 32.1. The number of aromatic hydroxyl groups is 1. The van der Waals surface area contributed by atoms with Gasteiger partial charge in [-0.3, -0.25) is 0 Å². The lowest BCUT2D eigenvalue weighted by atomic mass is 10.0. The SMILES string of the molecule is Oc1ccc2ccccc2c1CNCc1cscn1. The van der Waals surface area contributed by atoms with Crippen molar-refractivity contribution in [3.8, 4) is 5.75 Å². The van der Waals surface area contributed by atoms with E-state index in [4.69, 9.17) is 0 Å². The van der Waals surface area contributed by atoms with Crippen LogP contribution in [0.25, 0.3) is 10.8 Å². The molecule has 0 aliphatic heterocycles. The van der Waals surface area contributed by atoms with E-state index in [2.05, 4.69) is 16.4 Å². The minimum absolute atomic E-state index is 0.337. The van der Waals surface area contributed by atoms with Crippen LogP contribution in [0, 0.1) is 0 Å². The zero-order valence-electron chi connectivity index (χ0n) is 10.3. The van der Waals surface area contributed by atoms with Crippen LogP contribution < -0.4 is 5.32 Å². The summed E-state index contributed by atoms with van der Waals surface area (Å²) in [6.07, 6.45) is 0. The molecule has 0 amide bonds. The van der Waals surface area contributed by atoms with E-state index in [1.165, 1.54) is 0 Å². The Hall–Kier alpha value is -1.91. The number of thiazole rings is 1. The van der Waals surface area contributed by atoms with Gasteiger partial charge >= 0.3 is 0 Å². The molecule has 3 rings (SSSR count). The first-order valence-corrected chi connectivity index (χ1v) is 7.06. The van der Waals surface area contributed by atoms with E-state index in [0.29, 0.717) is 18.8 Å². The van der Waals surface area contributed by atoms with Crippen LogP contribution in [0.1, 0.15) is 11.3 Å². The molecule has 96 valence electrons. The van der Waals surface area contributed by atoms with Crippen molar-refractivity contribution in [1.82, 2.24) is 10.3 Å². The second kappa shape index (κ2) is 5.38. The topological polar surface area (TPSA) is 45.1 Å². The Morgan fingerprint density at radius 3 is 2.84 bits per heavy atom. The van der Waals surface area contributed by atoms with E-state index >= 15 is 0 Å². The average Bonchev–Trinajstić information content (AvgIpc) is 2.94. The number of hydrogen-bond acceptors (Lipinski definition) is 4. The molecule has 4 heteroatoms. The highest BCUT2D eigenvalue weighted by Crippen LogP contribution is 2.26. The van der Waals surface area contributed by atoms with E-state index in [1.54, 1.807) is 17.4 Å². The normalized spacial score (nSPS) is 10.9. The molecule has 3 nitrogen and oxygen atoms in total. The minimum Gasteiger partial charge on any atom is -0.508 e. The summed E-state index contributed by atoms with van der Waals surface area (Å²) in [6, 6.07) is 11.8. The van der Waals surface area contributed by atoms with Crippen LogP contribution >= 0.6 is 11.3 Å². The van der Waals surface area contributed by atoms with Gasteiger partial charge in [0, 0.05) is 24.0 Å². The van der Waals surface area contributed by atoms with Crippen LogP contribution in [0.15, 0.2) is 47.3 Å².